The molecular weight excluding hydrogens is 386 g/mol. The number of amides is 1. The molecule has 0 spiro atoms. The largest absolute Gasteiger partial charge is 0.465 e. The van der Waals surface area contributed by atoms with E-state index in [4.69, 9.17) is 4.74 Å². The Labute approximate surface area is 171 Å². The van der Waals surface area contributed by atoms with Gasteiger partial charge < -0.3 is 14.5 Å². The predicted molar refractivity (Wildman–Crippen MR) is 114 cm³/mol. The highest BCUT2D eigenvalue weighted by molar-refractivity contribution is 7.16. The summed E-state index contributed by atoms with van der Waals surface area (Å²) in [4.78, 5) is 30.5. The summed E-state index contributed by atoms with van der Waals surface area (Å²) >= 11 is 1.36. The number of carbonyl (C=O) groups is 2. The van der Waals surface area contributed by atoms with Gasteiger partial charge in [0.2, 0.25) is 0 Å². The van der Waals surface area contributed by atoms with Gasteiger partial charge in [-0.3, -0.25) is 4.79 Å². The smallest absolute Gasteiger partial charge is 0.341 e. The molecule has 29 heavy (non-hydrogen) atoms. The van der Waals surface area contributed by atoms with Crippen molar-refractivity contribution in [3.63, 3.8) is 0 Å². The van der Waals surface area contributed by atoms with E-state index >= 15 is 0 Å². The van der Waals surface area contributed by atoms with E-state index in [0.717, 1.165) is 21.7 Å². The van der Waals surface area contributed by atoms with E-state index in [0.29, 0.717) is 21.8 Å². The van der Waals surface area contributed by atoms with Crippen LogP contribution in [0.5, 0.6) is 0 Å². The Morgan fingerprint density at radius 1 is 1.14 bits per heavy atom. The van der Waals surface area contributed by atoms with Gasteiger partial charge in [-0.2, -0.15) is 0 Å². The van der Waals surface area contributed by atoms with Gasteiger partial charge in [-0.25, -0.2) is 9.78 Å². The molecule has 1 amide bonds. The first-order valence-corrected chi connectivity index (χ1v) is 9.83. The zero-order valence-electron chi connectivity index (χ0n) is 16.2. The number of pyridine rings is 1. The third-order valence-corrected chi connectivity index (χ3v) is 5.92. The lowest BCUT2D eigenvalue weighted by atomic mass is 10.1. The van der Waals surface area contributed by atoms with E-state index in [1.807, 2.05) is 54.8 Å². The highest BCUT2D eigenvalue weighted by Gasteiger charge is 2.22. The van der Waals surface area contributed by atoms with Crippen LogP contribution in [0.3, 0.4) is 0 Å². The molecule has 0 aliphatic rings. The molecular formula is C22H19N3O3S. The van der Waals surface area contributed by atoms with Gasteiger partial charge in [0.15, 0.2) is 0 Å². The van der Waals surface area contributed by atoms with Crippen molar-refractivity contribution < 1.29 is 14.3 Å². The second-order valence-corrected chi connectivity index (χ2v) is 7.83. The number of ether oxygens (including phenoxy) is 1. The van der Waals surface area contributed by atoms with Crippen LogP contribution in [0.25, 0.3) is 16.9 Å². The second kappa shape index (κ2) is 7.52. The number of imidazole rings is 1. The summed E-state index contributed by atoms with van der Waals surface area (Å²) in [7, 11) is 1.33. The Bertz CT molecular complexity index is 1230. The Morgan fingerprint density at radius 3 is 2.62 bits per heavy atom. The van der Waals surface area contributed by atoms with Crippen LogP contribution in [-0.4, -0.2) is 28.4 Å². The van der Waals surface area contributed by atoms with Crippen molar-refractivity contribution in [1.29, 1.82) is 0 Å². The van der Waals surface area contributed by atoms with Crippen LogP contribution in [0, 0.1) is 13.8 Å². The third-order valence-electron chi connectivity index (χ3n) is 4.79. The van der Waals surface area contributed by atoms with Crippen molar-refractivity contribution in [2.24, 2.45) is 0 Å². The molecule has 0 unspecified atom stereocenters. The van der Waals surface area contributed by atoms with E-state index < -0.39 is 5.97 Å². The van der Waals surface area contributed by atoms with Gasteiger partial charge in [0.05, 0.1) is 18.4 Å². The lowest BCUT2D eigenvalue weighted by Crippen LogP contribution is -2.14. The molecule has 0 bridgehead atoms. The number of nitrogens with one attached hydrogen (secondary N) is 1. The summed E-state index contributed by atoms with van der Waals surface area (Å²) in [5.41, 5.74) is 4.19. The molecule has 3 aromatic heterocycles. The van der Waals surface area contributed by atoms with Crippen molar-refractivity contribution in [2.45, 2.75) is 13.8 Å². The van der Waals surface area contributed by atoms with Crippen molar-refractivity contribution in [1.82, 2.24) is 9.38 Å². The molecule has 4 rings (SSSR count). The molecule has 0 radical (unpaired) electrons. The highest BCUT2D eigenvalue weighted by atomic mass is 32.1. The maximum absolute atomic E-state index is 12.8. The fourth-order valence-electron chi connectivity index (χ4n) is 3.11. The van der Waals surface area contributed by atoms with Crippen molar-refractivity contribution in [3.8, 4) is 11.3 Å². The van der Waals surface area contributed by atoms with E-state index in [2.05, 4.69) is 10.3 Å². The summed E-state index contributed by atoms with van der Waals surface area (Å²) in [5, 5.41) is 3.34. The average Bonchev–Trinajstić information content (AvgIpc) is 3.28. The molecule has 4 aromatic rings. The Kier molecular flexibility index (Phi) is 4.90. The Balaban J connectivity index is 1.65. The molecule has 1 N–H and O–H groups in total. The number of rotatable bonds is 4. The van der Waals surface area contributed by atoms with Crippen LogP contribution in [0.15, 0.2) is 54.9 Å². The molecule has 0 saturated heterocycles. The SMILES string of the molecule is COC(=O)c1c(NC(=O)c2ccn3cc(-c4ccccc4)nc3c2)sc(C)c1C. The van der Waals surface area contributed by atoms with Gasteiger partial charge in [-0.1, -0.05) is 30.3 Å². The molecule has 146 valence electrons. The quantitative estimate of drug-likeness (QED) is 0.499. The summed E-state index contributed by atoms with van der Waals surface area (Å²) in [6.45, 7) is 3.75. The van der Waals surface area contributed by atoms with Gasteiger partial charge in [-0.05, 0) is 31.5 Å². The average molecular weight is 405 g/mol. The van der Waals surface area contributed by atoms with Crippen LogP contribution >= 0.6 is 11.3 Å². The zero-order chi connectivity index (χ0) is 20.5. The van der Waals surface area contributed by atoms with Crippen LogP contribution in [0.1, 0.15) is 31.2 Å². The number of hydrogen-bond acceptors (Lipinski definition) is 5. The third kappa shape index (κ3) is 3.52. The van der Waals surface area contributed by atoms with Gasteiger partial charge in [0, 0.05) is 28.4 Å². The van der Waals surface area contributed by atoms with Crippen molar-refractivity contribution >= 4 is 33.9 Å². The number of aryl methyl sites for hydroxylation is 1. The van der Waals surface area contributed by atoms with Crippen LogP contribution in [0.4, 0.5) is 5.00 Å². The lowest BCUT2D eigenvalue weighted by Gasteiger charge is -2.06. The minimum Gasteiger partial charge on any atom is -0.465 e. The first kappa shape index (κ1) is 18.9. The monoisotopic (exact) mass is 405 g/mol. The summed E-state index contributed by atoms with van der Waals surface area (Å²) in [6.07, 6.45) is 3.73. The maximum Gasteiger partial charge on any atom is 0.341 e. The van der Waals surface area contributed by atoms with Crippen LogP contribution in [0.2, 0.25) is 0 Å². The molecule has 7 heteroatoms. The molecule has 0 aliphatic heterocycles. The zero-order valence-corrected chi connectivity index (χ0v) is 17.0. The van der Waals surface area contributed by atoms with Crippen molar-refractivity contribution in [3.05, 3.63) is 76.4 Å². The Morgan fingerprint density at radius 2 is 1.90 bits per heavy atom. The number of fused-ring (bicyclic) bond motifs is 1. The fourth-order valence-corrected chi connectivity index (χ4v) is 4.15. The number of thiophene rings is 1. The number of esters is 1. The summed E-state index contributed by atoms with van der Waals surface area (Å²) in [5.74, 6) is -0.762. The van der Waals surface area contributed by atoms with Gasteiger partial charge >= 0.3 is 5.97 Å². The molecule has 0 fully saturated rings. The predicted octanol–water partition coefficient (Wildman–Crippen LogP) is 4.72. The lowest BCUT2D eigenvalue weighted by molar-refractivity contribution is 0.0601. The van der Waals surface area contributed by atoms with E-state index in [1.54, 1.807) is 18.3 Å². The Hall–Kier alpha value is -3.45. The number of aromatic nitrogens is 2. The standard InChI is InChI=1S/C22H19N3O3S/c1-13-14(2)29-21(19(13)22(27)28-3)24-20(26)16-9-10-25-12-17(23-18(25)11-16)15-7-5-4-6-8-15/h4-12H,1-3H3,(H,24,26). The molecule has 6 nitrogen and oxygen atoms in total. The van der Waals surface area contributed by atoms with E-state index in [1.165, 1.54) is 18.4 Å². The number of benzene rings is 1. The first-order valence-electron chi connectivity index (χ1n) is 9.01. The first-order chi connectivity index (χ1) is 14.0. The minimum atomic E-state index is -0.460. The molecule has 0 aliphatic carbocycles. The second-order valence-electron chi connectivity index (χ2n) is 6.61. The van der Waals surface area contributed by atoms with Gasteiger partial charge in [-0.15, -0.1) is 11.3 Å². The van der Waals surface area contributed by atoms with E-state index in [9.17, 15) is 9.59 Å². The van der Waals surface area contributed by atoms with Crippen LogP contribution < -0.4 is 5.32 Å². The van der Waals surface area contributed by atoms with E-state index in [-0.39, 0.29) is 5.91 Å². The summed E-state index contributed by atoms with van der Waals surface area (Å²) in [6, 6.07) is 13.3. The summed E-state index contributed by atoms with van der Waals surface area (Å²) < 4.78 is 6.74. The maximum atomic E-state index is 12.8. The molecule has 0 atom stereocenters. The van der Waals surface area contributed by atoms with Gasteiger partial charge in [0.1, 0.15) is 10.6 Å². The number of carbonyl (C=O) groups excluding carboxylic acids is 2. The number of nitrogens with zero attached hydrogens (tertiary/aromatic N) is 2. The molecule has 1 aromatic carbocycles. The van der Waals surface area contributed by atoms with Gasteiger partial charge in [0.25, 0.3) is 5.91 Å². The number of methoxy groups -OCH3 is 1. The number of anilines is 1. The fraction of sp³-hybridized carbons (Fsp3) is 0.136. The molecule has 3 heterocycles. The topological polar surface area (TPSA) is 72.7 Å². The highest BCUT2D eigenvalue weighted by Crippen LogP contribution is 2.33. The normalized spacial score (nSPS) is 10.9. The molecule has 0 saturated carbocycles. The van der Waals surface area contributed by atoms with Crippen LogP contribution in [-0.2, 0) is 4.74 Å². The minimum absolute atomic E-state index is 0.303. The van der Waals surface area contributed by atoms with Crippen molar-refractivity contribution in [2.75, 3.05) is 12.4 Å². The number of hydrogen-bond donors (Lipinski definition) is 1.